The fourth-order valence-electron chi connectivity index (χ4n) is 4.24. The zero-order valence-corrected chi connectivity index (χ0v) is 18.3. The molecule has 1 saturated heterocycles. The molecule has 0 aliphatic carbocycles. The van der Waals surface area contributed by atoms with Crippen LogP contribution in [0.1, 0.15) is 26.7 Å². The lowest BCUT2D eigenvalue weighted by Gasteiger charge is -2.36. The molecule has 1 aliphatic rings. The standard InChI is InChI=1S/C23H27N5OS/c1-3-27(4-2)22(29)17-9-7-13-28(15-17)23(30)26-19-14-16-8-5-11-24-20(16)18-10-6-12-25-21(18)19/h5-6,8,10-12,14,17H,3-4,7,9,13,15H2,1-2H3,(H,26,30)/t17-/m1/s1. The molecule has 2 aromatic heterocycles. The van der Waals surface area contributed by atoms with Gasteiger partial charge in [0.25, 0.3) is 0 Å². The lowest BCUT2D eigenvalue weighted by Crippen LogP contribution is -2.47. The largest absolute Gasteiger partial charge is 0.348 e. The second kappa shape index (κ2) is 8.92. The number of nitrogens with one attached hydrogen (secondary N) is 1. The number of piperidine rings is 1. The van der Waals surface area contributed by atoms with E-state index >= 15 is 0 Å². The Bertz CT molecular complexity index is 1080. The number of thiocarbonyl (C=S) groups is 1. The smallest absolute Gasteiger partial charge is 0.227 e. The van der Waals surface area contributed by atoms with Crippen LogP contribution in [0.3, 0.4) is 0 Å². The molecule has 4 rings (SSSR count). The maximum Gasteiger partial charge on any atom is 0.227 e. The van der Waals surface area contributed by atoms with Gasteiger partial charge in [-0.05, 0) is 63.2 Å². The van der Waals surface area contributed by atoms with Gasteiger partial charge in [-0.15, -0.1) is 0 Å². The Labute approximate surface area is 182 Å². The zero-order chi connectivity index (χ0) is 21.1. The minimum Gasteiger partial charge on any atom is -0.348 e. The van der Waals surface area contributed by atoms with Crippen molar-refractivity contribution in [2.75, 3.05) is 31.5 Å². The van der Waals surface area contributed by atoms with Gasteiger partial charge in [-0.2, -0.15) is 0 Å². The number of nitrogens with zero attached hydrogens (tertiary/aromatic N) is 4. The fourth-order valence-corrected chi connectivity index (χ4v) is 4.52. The molecule has 156 valence electrons. The predicted octanol–water partition coefficient (Wildman–Crippen LogP) is 4.06. The summed E-state index contributed by atoms with van der Waals surface area (Å²) >= 11 is 5.75. The van der Waals surface area contributed by atoms with Gasteiger partial charge in [-0.3, -0.25) is 14.8 Å². The number of pyridine rings is 2. The van der Waals surface area contributed by atoms with Crippen LogP contribution in [0.15, 0.2) is 42.7 Å². The van der Waals surface area contributed by atoms with Crippen molar-refractivity contribution in [1.82, 2.24) is 19.8 Å². The molecule has 0 bridgehead atoms. The maximum absolute atomic E-state index is 12.8. The average molecular weight is 422 g/mol. The van der Waals surface area contributed by atoms with Gasteiger partial charge in [-0.1, -0.05) is 6.07 Å². The molecule has 3 heterocycles. The Morgan fingerprint density at radius 2 is 1.93 bits per heavy atom. The summed E-state index contributed by atoms with van der Waals surface area (Å²) in [4.78, 5) is 26.0. The molecule has 3 aromatic rings. The number of benzene rings is 1. The summed E-state index contributed by atoms with van der Waals surface area (Å²) in [5.74, 6) is 0.227. The van der Waals surface area contributed by atoms with Crippen molar-refractivity contribution in [2.45, 2.75) is 26.7 Å². The Balaban J connectivity index is 1.57. The lowest BCUT2D eigenvalue weighted by molar-refractivity contribution is -0.136. The highest BCUT2D eigenvalue weighted by atomic mass is 32.1. The van der Waals surface area contributed by atoms with Gasteiger partial charge in [0.2, 0.25) is 5.91 Å². The van der Waals surface area contributed by atoms with Gasteiger partial charge in [0.15, 0.2) is 5.11 Å². The quantitative estimate of drug-likeness (QED) is 0.506. The number of carbonyl (C=O) groups excluding carboxylic acids is 1. The molecule has 1 N–H and O–H groups in total. The summed E-state index contributed by atoms with van der Waals surface area (Å²) in [6.45, 7) is 7.06. The van der Waals surface area contributed by atoms with E-state index in [4.69, 9.17) is 12.2 Å². The van der Waals surface area contributed by atoms with E-state index in [2.05, 4.69) is 20.2 Å². The van der Waals surface area contributed by atoms with Crippen LogP contribution in [0, 0.1) is 5.92 Å². The molecule has 7 heteroatoms. The van der Waals surface area contributed by atoms with Crippen LogP contribution >= 0.6 is 12.2 Å². The fraction of sp³-hybridized carbons (Fsp3) is 0.391. The van der Waals surface area contributed by atoms with Crippen molar-refractivity contribution in [3.05, 3.63) is 42.7 Å². The third-order valence-corrected chi connectivity index (χ3v) is 6.19. The van der Waals surface area contributed by atoms with E-state index in [0.717, 1.165) is 60.0 Å². The molecule has 1 fully saturated rings. The van der Waals surface area contributed by atoms with Gasteiger partial charge >= 0.3 is 0 Å². The molecule has 0 saturated carbocycles. The first kappa shape index (κ1) is 20.5. The molecule has 0 radical (unpaired) electrons. The highest BCUT2D eigenvalue weighted by Gasteiger charge is 2.29. The Hall–Kier alpha value is -2.80. The normalized spacial score (nSPS) is 16.6. The number of hydrogen-bond acceptors (Lipinski definition) is 4. The lowest BCUT2D eigenvalue weighted by atomic mass is 9.96. The van der Waals surface area contributed by atoms with Crippen molar-refractivity contribution in [1.29, 1.82) is 0 Å². The summed E-state index contributed by atoms with van der Waals surface area (Å²) in [5, 5.41) is 6.08. The Morgan fingerprint density at radius 1 is 1.20 bits per heavy atom. The second-order valence-electron chi connectivity index (χ2n) is 7.62. The highest BCUT2D eigenvalue weighted by Crippen LogP contribution is 2.30. The van der Waals surface area contributed by atoms with Crippen LogP contribution in [0.4, 0.5) is 5.69 Å². The summed E-state index contributed by atoms with van der Waals surface area (Å²) in [7, 11) is 0. The van der Waals surface area contributed by atoms with Crippen LogP contribution in [0.2, 0.25) is 0 Å². The molecular formula is C23H27N5OS. The van der Waals surface area contributed by atoms with E-state index in [0.29, 0.717) is 11.7 Å². The summed E-state index contributed by atoms with van der Waals surface area (Å²) in [5.41, 5.74) is 2.65. The van der Waals surface area contributed by atoms with E-state index < -0.39 is 0 Å². The average Bonchev–Trinajstić information content (AvgIpc) is 2.80. The van der Waals surface area contributed by atoms with Crippen LogP contribution in [-0.2, 0) is 4.79 Å². The number of hydrogen-bond donors (Lipinski definition) is 1. The third-order valence-electron chi connectivity index (χ3n) is 5.83. The van der Waals surface area contributed by atoms with Gasteiger partial charge in [0, 0.05) is 49.3 Å². The number of anilines is 1. The summed E-state index contributed by atoms with van der Waals surface area (Å²) < 4.78 is 0. The van der Waals surface area contributed by atoms with Crippen molar-refractivity contribution >= 4 is 50.7 Å². The summed E-state index contributed by atoms with van der Waals surface area (Å²) in [6, 6.07) is 9.98. The molecular weight excluding hydrogens is 394 g/mol. The van der Waals surface area contributed by atoms with Crippen LogP contribution in [0.5, 0.6) is 0 Å². The van der Waals surface area contributed by atoms with Crippen molar-refractivity contribution in [2.24, 2.45) is 5.92 Å². The van der Waals surface area contributed by atoms with E-state index in [1.165, 1.54) is 0 Å². The second-order valence-corrected chi connectivity index (χ2v) is 8.01. The molecule has 6 nitrogen and oxygen atoms in total. The first-order chi connectivity index (χ1) is 14.6. The van der Waals surface area contributed by atoms with Crippen molar-refractivity contribution < 1.29 is 4.79 Å². The first-order valence-electron chi connectivity index (χ1n) is 10.6. The number of aromatic nitrogens is 2. The van der Waals surface area contributed by atoms with Gasteiger partial charge < -0.3 is 15.1 Å². The van der Waals surface area contributed by atoms with Crippen molar-refractivity contribution in [3.63, 3.8) is 0 Å². The highest BCUT2D eigenvalue weighted by molar-refractivity contribution is 7.80. The Kier molecular flexibility index (Phi) is 6.08. The van der Waals surface area contributed by atoms with Crippen LogP contribution in [0.25, 0.3) is 21.8 Å². The van der Waals surface area contributed by atoms with E-state index in [1.807, 2.05) is 49.1 Å². The van der Waals surface area contributed by atoms with E-state index in [-0.39, 0.29) is 11.8 Å². The zero-order valence-electron chi connectivity index (χ0n) is 17.5. The molecule has 1 aromatic carbocycles. The first-order valence-corrected chi connectivity index (χ1v) is 11.0. The molecule has 0 spiro atoms. The molecule has 1 aliphatic heterocycles. The molecule has 1 atom stereocenters. The van der Waals surface area contributed by atoms with Crippen LogP contribution < -0.4 is 5.32 Å². The number of fused-ring (bicyclic) bond motifs is 3. The maximum atomic E-state index is 12.8. The molecule has 1 amide bonds. The number of rotatable bonds is 4. The molecule has 30 heavy (non-hydrogen) atoms. The van der Waals surface area contributed by atoms with Crippen molar-refractivity contribution in [3.8, 4) is 0 Å². The van der Waals surface area contributed by atoms with E-state index in [1.54, 1.807) is 12.4 Å². The van der Waals surface area contributed by atoms with Crippen LogP contribution in [-0.4, -0.2) is 57.0 Å². The van der Waals surface area contributed by atoms with Gasteiger partial charge in [-0.25, -0.2) is 0 Å². The minimum absolute atomic E-state index is 0.00549. The number of amides is 1. The monoisotopic (exact) mass is 421 g/mol. The van der Waals surface area contributed by atoms with Gasteiger partial charge in [0.1, 0.15) is 0 Å². The number of carbonyl (C=O) groups is 1. The number of likely N-dealkylation sites (tertiary alicyclic amines) is 1. The summed E-state index contributed by atoms with van der Waals surface area (Å²) in [6.07, 6.45) is 5.46. The SMILES string of the molecule is CCN(CC)C(=O)[C@@H]1CCCN(C(=S)Nc2cc3cccnc3c3cccnc23)C1. The minimum atomic E-state index is -0.00549. The predicted molar refractivity (Wildman–Crippen MR) is 125 cm³/mol. The molecule has 0 unspecified atom stereocenters. The van der Waals surface area contributed by atoms with E-state index in [9.17, 15) is 4.79 Å². The topological polar surface area (TPSA) is 61.4 Å². The third kappa shape index (κ3) is 3.94. The van der Waals surface area contributed by atoms with Gasteiger partial charge in [0.05, 0.1) is 22.6 Å². The Morgan fingerprint density at radius 3 is 2.70 bits per heavy atom.